The standard InChI is InChI=1S/C17H24N6S/c1-4-24-17-20-9-12(10-21-17)8-18-14-6-5-7-15-13(14)11-19-16(22-15)23(2)3/h9-11,14,18H,4-8H2,1-3H3. The van der Waals surface area contributed by atoms with Crippen LogP contribution in [0.2, 0.25) is 0 Å². The third-order valence-corrected chi connectivity index (χ3v) is 4.83. The Morgan fingerprint density at radius 1 is 1.21 bits per heavy atom. The lowest BCUT2D eigenvalue weighted by atomic mass is 9.92. The molecule has 0 bridgehead atoms. The number of anilines is 1. The van der Waals surface area contributed by atoms with Gasteiger partial charge in [-0.25, -0.2) is 19.9 Å². The molecule has 2 aromatic heterocycles. The molecule has 0 aliphatic heterocycles. The number of rotatable bonds is 6. The molecule has 1 aliphatic rings. The molecule has 0 saturated carbocycles. The molecule has 1 N–H and O–H groups in total. The van der Waals surface area contributed by atoms with Crippen molar-refractivity contribution in [3.8, 4) is 0 Å². The van der Waals surface area contributed by atoms with E-state index in [1.807, 2.05) is 37.6 Å². The first kappa shape index (κ1) is 17.1. The van der Waals surface area contributed by atoms with Crippen molar-refractivity contribution in [3.63, 3.8) is 0 Å². The number of hydrogen-bond donors (Lipinski definition) is 1. The van der Waals surface area contributed by atoms with Gasteiger partial charge in [-0.05, 0) is 25.0 Å². The van der Waals surface area contributed by atoms with E-state index >= 15 is 0 Å². The lowest BCUT2D eigenvalue weighted by Crippen LogP contribution is -2.26. The lowest BCUT2D eigenvalue weighted by molar-refractivity contribution is 0.451. The highest BCUT2D eigenvalue weighted by Gasteiger charge is 2.22. The minimum atomic E-state index is 0.301. The summed E-state index contributed by atoms with van der Waals surface area (Å²) in [6.45, 7) is 2.87. The molecule has 0 spiro atoms. The second kappa shape index (κ2) is 7.90. The second-order valence-electron chi connectivity index (χ2n) is 6.10. The molecule has 24 heavy (non-hydrogen) atoms. The highest BCUT2D eigenvalue weighted by Crippen LogP contribution is 2.29. The zero-order valence-electron chi connectivity index (χ0n) is 14.5. The SMILES string of the molecule is CCSc1ncc(CNC2CCCc3nc(N(C)C)ncc32)cn1. The fourth-order valence-electron chi connectivity index (χ4n) is 2.84. The normalized spacial score (nSPS) is 16.7. The van der Waals surface area contributed by atoms with E-state index in [9.17, 15) is 0 Å². The van der Waals surface area contributed by atoms with E-state index in [0.29, 0.717) is 6.04 Å². The van der Waals surface area contributed by atoms with Crippen LogP contribution in [0.5, 0.6) is 0 Å². The van der Waals surface area contributed by atoms with Gasteiger partial charge in [-0.3, -0.25) is 0 Å². The van der Waals surface area contributed by atoms with Crippen molar-refractivity contribution >= 4 is 17.7 Å². The lowest BCUT2D eigenvalue weighted by Gasteiger charge is -2.26. The predicted octanol–water partition coefficient (Wildman–Crippen LogP) is 2.61. The van der Waals surface area contributed by atoms with Crippen molar-refractivity contribution in [2.75, 3.05) is 24.7 Å². The summed E-state index contributed by atoms with van der Waals surface area (Å²) in [6.07, 6.45) is 9.09. The van der Waals surface area contributed by atoms with E-state index in [-0.39, 0.29) is 0 Å². The number of hydrogen-bond acceptors (Lipinski definition) is 7. The van der Waals surface area contributed by atoms with Crippen molar-refractivity contribution in [3.05, 3.63) is 35.4 Å². The van der Waals surface area contributed by atoms with Crippen LogP contribution in [-0.2, 0) is 13.0 Å². The van der Waals surface area contributed by atoms with E-state index in [0.717, 1.165) is 48.2 Å². The number of thioether (sulfide) groups is 1. The Morgan fingerprint density at radius 3 is 2.71 bits per heavy atom. The summed E-state index contributed by atoms with van der Waals surface area (Å²) in [6, 6.07) is 0.301. The fraction of sp³-hybridized carbons (Fsp3) is 0.529. The van der Waals surface area contributed by atoms with Crippen molar-refractivity contribution in [2.24, 2.45) is 0 Å². The quantitative estimate of drug-likeness (QED) is 0.638. The fourth-order valence-corrected chi connectivity index (χ4v) is 3.36. The van der Waals surface area contributed by atoms with Crippen LogP contribution in [0.25, 0.3) is 0 Å². The van der Waals surface area contributed by atoms with Gasteiger partial charge in [0.2, 0.25) is 5.95 Å². The first-order valence-corrected chi connectivity index (χ1v) is 9.36. The maximum atomic E-state index is 4.70. The van der Waals surface area contributed by atoms with Gasteiger partial charge in [0.15, 0.2) is 5.16 Å². The molecule has 0 radical (unpaired) electrons. The van der Waals surface area contributed by atoms with Crippen LogP contribution in [0.4, 0.5) is 5.95 Å². The number of aryl methyl sites for hydroxylation is 1. The van der Waals surface area contributed by atoms with Crippen LogP contribution >= 0.6 is 11.8 Å². The van der Waals surface area contributed by atoms with E-state index < -0.39 is 0 Å². The molecule has 1 atom stereocenters. The Labute approximate surface area is 147 Å². The average molecular weight is 344 g/mol. The molecule has 2 heterocycles. The third kappa shape index (κ3) is 4.02. The maximum Gasteiger partial charge on any atom is 0.225 e. The largest absolute Gasteiger partial charge is 0.347 e. The summed E-state index contributed by atoms with van der Waals surface area (Å²) >= 11 is 1.66. The molecule has 0 fully saturated rings. The van der Waals surface area contributed by atoms with Crippen molar-refractivity contribution in [2.45, 2.75) is 43.9 Å². The molecule has 0 aromatic carbocycles. The monoisotopic (exact) mass is 344 g/mol. The number of aromatic nitrogens is 4. The highest BCUT2D eigenvalue weighted by molar-refractivity contribution is 7.99. The Morgan fingerprint density at radius 2 is 2.00 bits per heavy atom. The van der Waals surface area contributed by atoms with Gasteiger partial charge < -0.3 is 10.2 Å². The number of nitrogens with one attached hydrogen (secondary N) is 1. The van der Waals surface area contributed by atoms with E-state index in [4.69, 9.17) is 4.98 Å². The van der Waals surface area contributed by atoms with Crippen LogP contribution in [0.1, 0.15) is 42.6 Å². The molecular formula is C17H24N6S. The first-order chi connectivity index (χ1) is 11.7. The van der Waals surface area contributed by atoms with Crippen molar-refractivity contribution in [1.29, 1.82) is 0 Å². The molecule has 0 amide bonds. The zero-order valence-corrected chi connectivity index (χ0v) is 15.3. The number of nitrogens with zero attached hydrogens (tertiary/aromatic N) is 5. The third-order valence-electron chi connectivity index (χ3n) is 4.08. The van der Waals surface area contributed by atoms with Crippen molar-refractivity contribution in [1.82, 2.24) is 25.3 Å². The van der Waals surface area contributed by atoms with Crippen LogP contribution in [0.15, 0.2) is 23.7 Å². The van der Waals surface area contributed by atoms with Gasteiger partial charge in [0.1, 0.15) is 0 Å². The van der Waals surface area contributed by atoms with Crippen LogP contribution < -0.4 is 10.2 Å². The van der Waals surface area contributed by atoms with Crippen molar-refractivity contribution < 1.29 is 0 Å². The van der Waals surface area contributed by atoms with Gasteiger partial charge >= 0.3 is 0 Å². The highest BCUT2D eigenvalue weighted by atomic mass is 32.2. The topological polar surface area (TPSA) is 66.8 Å². The van der Waals surface area contributed by atoms with E-state index in [1.54, 1.807) is 11.8 Å². The van der Waals surface area contributed by atoms with Gasteiger partial charge in [0, 0.05) is 56.4 Å². The molecule has 6 nitrogen and oxygen atoms in total. The summed E-state index contributed by atoms with van der Waals surface area (Å²) in [5, 5.41) is 4.46. The predicted molar refractivity (Wildman–Crippen MR) is 97.3 cm³/mol. The smallest absolute Gasteiger partial charge is 0.225 e. The molecule has 3 rings (SSSR count). The van der Waals surface area contributed by atoms with Crippen LogP contribution in [0, 0.1) is 0 Å². The van der Waals surface area contributed by atoms with Crippen LogP contribution in [0.3, 0.4) is 0 Å². The average Bonchev–Trinajstić information content (AvgIpc) is 2.61. The summed E-state index contributed by atoms with van der Waals surface area (Å²) in [7, 11) is 3.95. The summed E-state index contributed by atoms with van der Waals surface area (Å²) in [4.78, 5) is 19.9. The molecular weight excluding hydrogens is 320 g/mol. The molecule has 1 unspecified atom stereocenters. The van der Waals surface area contributed by atoms with Crippen LogP contribution in [-0.4, -0.2) is 39.8 Å². The van der Waals surface area contributed by atoms with E-state index in [1.165, 1.54) is 11.3 Å². The molecule has 7 heteroatoms. The summed E-state index contributed by atoms with van der Waals surface area (Å²) < 4.78 is 0. The van der Waals surface area contributed by atoms with E-state index in [2.05, 4.69) is 27.2 Å². The second-order valence-corrected chi connectivity index (χ2v) is 7.33. The molecule has 1 aliphatic carbocycles. The molecule has 128 valence electrons. The van der Waals surface area contributed by atoms with Gasteiger partial charge in [-0.15, -0.1) is 0 Å². The molecule has 2 aromatic rings. The Balaban J connectivity index is 1.66. The molecule has 0 saturated heterocycles. The Bertz CT molecular complexity index is 673. The number of fused-ring (bicyclic) bond motifs is 1. The summed E-state index contributed by atoms with van der Waals surface area (Å²) in [5.41, 5.74) is 3.50. The Hall–Kier alpha value is -1.73. The minimum absolute atomic E-state index is 0.301. The van der Waals surface area contributed by atoms with Gasteiger partial charge in [-0.2, -0.15) is 0 Å². The maximum absolute atomic E-state index is 4.70. The van der Waals surface area contributed by atoms with Gasteiger partial charge in [0.05, 0.1) is 5.69 Å². The van der Waals surface area contributed by atoms with Gasteiger partial charge in [-0.1, -0.05) is 18.7 Å². The minimum Gasteiger partial charge on any atom is -0.347 e. The zero-order chi connectivity index (χ0) is 16.9. The summed E-state index contributed by atoms with van der Waals surface area (Å²) in [5.74, 6) is 1.78. The van der Waals surface area contributed by atoms with Gasteiger partial charge in [0.25, 0.3) is 0 Å². The Kier molecular flexibility index (Phi) is 5.63. The first-order valence-electron chi connectivity index (χ1n) is 8.37.